The molecule has 8 heteroatoms. The van der Waals surface area contributed by atoms with Crippen LogP contribution in [-0.4, -0.2) is 30.2 Å². The van der Waals surface area contributed by atoms with Gasteiger partial charge in [0.1, 0.15) is 5.75 Å². The molecule has 1 amide bonds. The molecule has 0 atom stereocenters. The number of anilines is 1. The Balaban J connectivity index is 1.97. The number of nitrogens with zero attached hydrogens (tertiary/aromatic N) is 1. The summed E-state index contributed by atoms with van der Waals surface area (Å²) in [5, 5.41) is 13.3. The van der Waals surface area contributed by atoms with Crippen LogP contribution in [-0.2, 0) is 6.61 Å². The van der Waals surface area contributed by atoms with E-state index in [1.54, 1.807) is 51.6 Å². The second-order valence-electron chi connectivity index (χ2n) is 7.77. The molecule has 3 N–H and O–H groups in total. The molecule has 0 unspecified atom stereocenters. The highest BCUT2D eigenvalue weighted by atomic mass is 16.5. The normalized spacial score (nSPS) is 11.5. The minimum atomic E-state index is -0.376. The van der Waals surface area contributed by atoms with E-state index in [4.69, 9.17) is 13.9 Å². The Morgan fingerprint density at radius 2 is 1.94 bits per heavy atom. The third kappa shape index (κ3) is 4.62. The van der Waals surface area contributed by atoms with Crippen molar-refractivity contribution in [2.75, 3.05) is 19.5 Å². The van der Waals surface area contributed by atoms with Gasteiger partial charge in [-0.25, -0.2) is 0 Å². The summed E-state index contributed by atoms with van der Waals surface area (Å²) in [6, 6.07) is 14.5. The van der Waals surface area contributed by atoms with Gasteiger partial charge in [-0.05, 0) is 49.7 Å². The summed E-state index contributed by atoms with van der Waals surface area (Å²) in [5.41, 5.74) is 4.32. The summed E-state index contributed by atoms with van der Waals surface area (Å²) < 4.78 is 17.0. The van der Waals surface area contributed by atoms with E-state index in [2.05, 4.69) is 15.3 Å². The quantitative estimate of drug-likeness (QED) is 0.408. The number of ether oxygens (including phenoxy) is 2. The van der Waals surface area contributed by atoms with Gasteiger partial charge in [-0.15, -0.1) is 0 Å². The smallest absolute Gasteiger partial charge is 0.385 e. The predicted molar refractivity (Wildman–Crippen MR) is 127 cm³/mol. The van der Waals surface area contributed by atoms with E-state index in [1.807, 2.05) is 31.2 Å². The van der Waals surface area contributed by atoms with Gasteiger partial charge in [0.15, 0.2) is 16.9 Å². The van der Waals surface area contributed by atoms with Crippen LogP contribution in [0, 0.1) is 13.8 Å². The van der Waals surface area contributed by atoms with Gasteiger partial charge < -0.3 is 24.3 Å². The molecule has 0 aliphatic carbocycles. The van der Waals surface area contributed by atoms with Gasteiger partial charge in [0, 0.05) is 22.8 Å². The lowest BCUT2D eigenvalue weighted by Gasteiger charge is -2.09. The summed E-state index contributed by atoms with van der Waals surface area (Å²) in [6.07, 6.45) is 1.58. The standard InChI is InChI=1S/C26H25N3O5/c1-15-6-5-7-18(10-15)28-25(31)21-12-20-17(14-30)13-27-16(2)24(20)34-26(21)29-22-11-19(32-3)8-9-23(22)33-4/h5-13,30H,14H2,1-4H3,(H,28,31)/p+1. The van der Waals surface area contributed by atoms with Gasteiger partial charge in [-0.2, -0.15) is 4.99 Å². The second-order valence-corrected chi connectivity index (χ2v) is 7.77. The van der Waals surface area contributed by atoms with Crippen molar-refractivity contribution in [3.05, 3.63) is 82.7 Å². The van der Waals surface area contributed by atoms with E-state index < -0.39 is 0 Å². The molecule has 8 nitrogen and oxygen atoms in total. The van der Waals surface area contributed by atoms with Gasteiger partial charge in [0.05, 0.1) is 32.6 Å². The minimum Gasteiger partial charge on any atom is -0.497 e. The molecule has 0 radical (unpaired) electrons. The first kappa shape index (κ1) is 23.0. The van der Waals surface area contributed by atoms with E-state index in [-0.39, 0.29) is 23.6 Å². The van der Waals surface area contributed by atoms with Crippen molar-refractivity contribution in [2.45, 2.75) is 20.5 Å². The van der Waals surface area contributed by atoms with Crippen LogP contribution in [0.2, 0.25) is 0 Å². The Bertz CT molecular complexity index is 1440. The molecule has 34 heavy (non-hydrogen) atoms. The molecule has 0 aliphatic rings. The fourth-order valence-electron chi connectivity index (χ4n) is 3.64. The Labute approximate surface area is 196 Å². The van der Waals surface area contributed by atoms with E-state index in [9.17, 15) is 9.90 Å². The molecule has 0 spiro atoms. The number of aliphatic hydroxyl groups is 1. The number of aliphatic hydroxyl groups excluding tert-OH is 1. The van der Waals surface area contributed by atoms with Crippen molar-refractivity contribution >= 4 is 28.3 Å². The van der Waals surface area contributed by atoms with Crippen LogP contribution in [0.25, 0.3) is 11.0 Å². The molecule has 0 saturated carbocycles. The molecule has 2 aromatic heterocycles. The number of amides is 1. The predicted octanol–water partition coefficient (Wildman–Crippen LogP) is 2.52. The zero-order valence-electron chi connectivity index (χ0n) is 19.4. The van der Waals surface area contributed by atoms with Crippen LogP contribution in [0.1, 0.15) is 27.2 Å². The third-order valence-electron chi connectivity index (χ3n) is 5.42. The third-order valence-corrected chi connectivity index (χ3v) is 5.42. The number of aromatic nitrogens is 1. The van der Waals surface area contributed by atoms with Crippen molar-refractivity contribution in [3.8, 4) is 11.5 Å². The average molecular weight is 461 g/mol. The lowest BCUT2D eigenvalue weighted by Crippen LogP contribution is -2.71. The number of benzene rings is 2. The number of methoxy groups -OCH3 is 2. The maximum atomic E-state index is 13.4. The molecule has 0 aliphatic heterocycles. The van der Waals surface area contributed by atoms with E-state index in [0.29, 0.717) is 45.1 Å². The summed E-state index contributed by atoms with van der Waals surface area (Å²) >= 11 is 0. The Kier molecular flexibility index (Phi) is 6.60. The van der Waals surface area contributed by atoms with Gasteiger partial charge in [-0.3, -0.25) is 9.78 Å². The molecule has 2 aromatic carbocycles. The molecule has 0 saturated heterocycles. The Hall–Kier alpha value is -4.17. The van der Waals surface area contributed by atoms with Crippen LogP contribution in [0.4, 0.5) is 11.4 Å². The monoisotopic (exact) mass is 460 g/mol. The molecule has 0 fully saturated rings. The van der Waals surface area contributed by atoms with Crippen LogP contribution < -0.4 is 25.3 Å². The summed E-state index contributed by atoms with van der Waals surface area (Å²) in [6.45, 7) is 3.51. The topological polar surface area (TPSA) is 108 Å². The molecule has 0 bridgehead atoms. The van der Waals surface area contributed by atoms with Gasteiger partial charge >= 0.3 is 5.55 Å². The fourth-order valence-corrected chi connectivity index (χ4v) is 3.64. The first-order valence-corrected chi connectivity index (χ1v) is 10.7. The number of hydrogen-bond acceptors (Lipinski definition) is 6. The highest BCUT2D eigenvalue weighted by Gasteiger charge is 2.21. The first-order valence-electron chi connectivity index (χ1n) is 10.7. The number of aryl methyl sites for hydroxylation is 2. The number of carbonyl (C=O) groups excluding carboxylic acids is 1. The highest BCUT2D eigenvalue weighted by Crippen LogP contribution is 2.25. The van der Waals surface area contributed by atoms with E-state index >= 15 is 0 Å². The number of pyridine rings is 1. The summed E-state index contributed by atoms with van der Waals surface area (Å²) in [4.78, 5) is 20.9. The Morgan fingerprint density at radius 1 is 1.12 bits per heavy atom. The lowest BCUT2D eigenvalue weighted by molar-refractivity contribution is -0.418. The number of nitrogens with one attached hydrogen (secondary N) is 2. The zero-order chi connectivity index (χ0) is 24.2. The molecule has 174 valence electrons. The highest BCUT2D eigenvalue weighted by molar-refractivity contribution is 6.05. The first-order chi connectivity index (χ1) is 16.4. The lowest BCUT2D eigenvalue weighted by atomic mass is 10.1. The van der Waals surface area contributed by atoms with Crippen LogP contribution in [0.3, 0.4) is 0 Å². The minimum absolute atomic E-state index is 0.198. The van der Waals surface area contributed by atoms with Crippen molar-refractivity contribution < 1.29 is 28.8 Å². The van der Waals surface area contributed by atoms with Gasteiger partial charge in [0.2, 0.25) is 0 Å². The number of fused-ring (bicyclic) bond motifs is 1. The average Bonchev–Trinajstić information content (AvgIpc) is 2.84. The zero-order valence-corrected chi connectivity index (χ0v) is 19.4. The van der Waals surface area contributed by atoms with Crippen molar-refractivity contribution in [3.63, 3.8) is 0 Å². The number of rotatable bonds is 6. The molecule has 2 heterocycles. The van der Waals surface area contributed by atoms with Crippen molar-refractivity contribution in [1.29, 1.82) is 0 Å². The van der Waals surface area contributed by atoms with Gasteiger partial charge in [0.25, 0.3) is 11.6 Å². The number of carbonyl (C=O) groups is 1. The van der Waals surface area contributed by atoms with Gasteiger partial charge in [-0.1, -0.05) is 12.1 Å². The summed E-state index contributed by atoms with van der Waals surface area (Å²) in [7, 11) is 3.12. The maximum Gasteiger partial charge on any atom is 0.385 e. The second kappa shape index (κ2) is 9.76. The SMILES string of the molecule is COc1ccc(OC)c([NH+]=c2oc3c(C)ncc(CO)c3cc2C(=O)Nc2cccc(C)c2)c1. The van der Waals surface area contributed by atoms with Crippen LogP contribution in [0.5, 0.6) is 11.5 Å². The van der Waals surface area contributed by atoms with E-state index in [1.165, 1.54) is 0 Å². The number of hydrogen-bond donors (Lipinski definition) is 3. The van der Waals surface area contributed by atoms with Crippen molar-refractivity contribution in [2.24, 2.45) is 0 Å². The summed E-state index contributed by atoms with van der Waals surface area (Å²) in [5.74, 6) is 0.773. The van der Waals surface area contributed by atoms with Crippen LogP contribution >= 0.6 is 0 Å². The molecular formula is C26H26N3O5+. The molecular weight excluding hydrogens is 434 g/mol. The molecule has 4 aromatic rings. The molecule has 4 rings (SSSR count). The Morgan fingerprint density at radius 3 is 2.65 bits per heavy atom. The fraction of sp³-hybridized carbons (Fsp3) is 0.192. The maximum absolute atomic E-state index is 13.4. The van der Waals surface area contributed by atoms with E-state index in [0.717, 1.165) is 5.56 Å². The van der Waals surface area contributed by atoms with Crippen LogP contribution in [0.15, 0.2) is 59.1 Å². The largest absolute Gasteiger partial charge is 0.497 e. The van der Waals surface area contributed by atoms with Crippen molar-refractivity contribution in [1.82, 2.24) is 4.98 Å².